The molecule has 0 aliphatic rings. The average Bonchev–Trinajstić information content (AvgIpc) is 2.75. The molecule has 18 heavy (non-hydrogen) atoms. The van der Waals surface area contributed by atoms with Crippen molar-refractivity contribution in [2.45, 2.75) is 6.92 Å². The predicted molar refractivity (Wildman–Crippen MR) is 76.4 cm³/mol. The van der Waals surface area contributed by atoms with Crippen molar-refractivity contribution in [2.24, 2.45) is 0 Å². The van der Waals surface area contributed by atoms with Gasteiger partial charge in [-0.05, 0) is 47.1 Å². The van der Waals surface area contributed by atoms with Gasteiger partial charge in [0.15, 0.2) is 5.75 Å². The van der Waals surface area contributed by atoms with Crippen LogP contribution in [0, 0.1) is 6.92 Å². The second kappa shape index (κ2) is 4.66. The Hall–Kier alpha value is -1.46. The molecule has 2 aromatic heterocycles. The van der Waals surface area contributed by atoms with Gasteiger partial charge in [0.25, 0.3) is 5.19 Å². The first-order valence-corrected chi connectivity index (χ1v) is 7.00. The van der Waals surface area contributed by atoms with Crippen LogP contribution in [0.1, 0.15) is 5.69 Å². The van der Waals surface area contributed by atoms with Crippen molar-refractivity contribution in [3.63, 3.8) is 0 Å². The van der Waals surface area contributed by atoms with Gasteiger partial charge in [-0.15, -0.1) is 0 Å². The molecule has 0 saturated heterocycles. The molecule has 90 valence electrons. The number of pyridine rings is 1. The third-order valence-corrected chi connectivity index (χ3v) is 3.91. The lowest BCUT2D eigenvalue weighted by atomic mass is 10.3. The SMILES string of the molecule is Cc1ccc(Oc2nc3ccccc3s2)c(Br)n1. The van der Waals surface area contributed by atoms with Crippen LogP contribution in [0.15, 0.2) is 41.0 Å². The molecule has 3 aromatic rings. The molecule has 0 spiro atoms. The van der Waals surface area contributed by atoms with Crippen molar-refractivity contribution in [1.82, 2.24) is 9.97 Å². The molecule has 0 atom stereocenters. The number of thiazole rings is 1. The largest absolute Gasteiger partial charge is 0.428 e. The first-order chi connectivity index (χ1) is 8.72. The third kappa shape index (κ3) is 2.23. The minimum Gasteiger partial charge on any atom is -0.428 e. The van der Waals surface area contributed by atoms with Gasteiger partial charge in [-0.25, -0.2) is 9.97 Å². The highest BCUT2D eigenvalue weighted by molar-refractivity contribution is 9.10. The summed E-state index contributed by atoms with van der Waals surface area (Å²) in [4.78, 5) is 8.71. The summed E-state index contributed by atoms with van der Waals surface area (Å²) < 4.78 is 7.56. The average molecular weight is 321 g/mol. The molecule has 0 aliphatic carbocycles. The van der Waals surface area contributed by atoms with Crippen molar-refractivity contribution >= 4 is 37.5 Å². The summed E-state index contributed by atoms with van der Waals surface area (Å²) in [5.41, 5.74) is 1.90. The highest BCUT2D eigenvalue weighted by Crippen LogP contribution is 2.33. The van der Waals surface area contributed by atoms with Crippen molar-refractivity contribution in [1.29, 1.82) is 0 Å². The van der Waals surface area contributed by atoms with Crippen molar-refractivity contribution in [2.75, 3.05) is 0 Å². The van der Waals surface area contributed by atoms with Crippen LogP contribution < -0.4 is 4.74 Å². The maximum absolute atomic E-state index is 5.75. The first-order valence-electron chi connectivity index (χ1n) is 5.39. The van der Waals surface area contributed by atoms with Gasteiger partial charge in [-0.2, -0.15) is 0 Å². The van der Waals surface area contributed by atoms with Crippen LogP contribution in [0.4, 0.5) is 0 Å². The minimum atomic E-state index is 0.627. The zero-order chi connectivity index (χ0) is 12.5. The summed E-state index contributed by atoms with van der Waals surface area (Å²) in [5, 5.41) is 0.627. The number of benzene rings is 1. The normalized spacial score (nSPS) is 10.8. The molecule has 2 heterocycles. The van der Waals surface area contributed by atoms with Gasteiger partial charge in [0.2, 0.25) is 0 Å². The Kier molecular flexibility index (Phi) is 3.01. The van der Waals surface area contributed by atoms with Gasteiger partial charge in [-0.1, -0.05) is 23.5 Å². The second-order valence-electron chi connectivity index (χ2n) is 3.79. The van der Waals surface area contributed by atoms with Gasteiger partial charge >= 0.3 is 0 Å². The molecule has 0 saturated carbocycles. The molecule has 0 fully saturated rings. The number of ether oxygens (including phenoxy) is 1. The van der Waals surface area contributed by atoms with E-state index in [0.29, 0.717) is 15.5 Å². The van der Waals surface area contributed by atoms with Crippen LogP contribution in [0.5, 0.6) is 10.9 Å². The van der Waals surface area contributed by atoms with E-state index >= 15 is 0 Å². The zero-order valence-corrected chi connectivity index (χ0v) is 12.0. The lowest BCUT2D eigenvalue weighted by molar-refractivity contribution is 0.474. The lowest BCUT2D eigenvalue weighted by Gasteiger charge is -2.03. The van der Waals surface area contributed by atoms with E-state index in [4.69, 9.17) is 4.74 Å². The number of halogens is 1. The fourth-order valence-corrected chi connectivity index (χ4v) is 2.90. The maximum Gasteiger partial charge on any atom is 0.279 e. The van der Waals surface area contributed by atoms with Crippen molar-refractivity contribution < 1.29 is 4.74 Å². The third-order valence-electron chi connectivity index (χ3n) is 2.43. The number of aromatic nitrogens is 2. The smallest absolute Gasteiger partial charge is 0.279 e. The topological polar surface area (TPSA) is 35.0 Å². The van der Waals surface area contributed by atoms with Crippen molar-refractivity contribution in [3.8, 4) is 10.9 Å². The lowest BCUT2D eigenvalue weighted by Crippen LogP contribution is -1.88. The van der Waals surface area contributed by atoms with E-state index in [9.17, 15) is 0 Å². The summed E-state index contributed by atoms with van der Waals surface area (Å²) in [6.45, 7) is 1.94. The summed E-state index contributed by atoms with van der Waals surface area (Å²) in [6, 6.07) is 11.8. The number of aryl methyl sites for hydroxylation is 1. The number of nitrogens with zero attached hydrogens (tertiary/aromatic N) is 2. The Balaban J connectivity index is 1.96. The monoisotopic (exact) mass is 320 g/mol. The molecule has 0 bridgehead atoms. The van der Waals surface area contributed by atoms with E-state index in [1.54, 1.807) is 0 Å². The Bertz CT molecular complexity index is 678. The zero-order valence-electron chi connectivity index (χ0n) is 9.55. The van der Waals surface area contributed by atoms with Crippen LogP contribution in [0.2, 0.25) is 0 Å². The highest BCUT2D eigenvalue weighted by atomic mass is 79.9. The van der Waals surface area contributed by atoms with Gasteiger partial charge in [0.05, 0.1) is 10.2 Å². The van der Waals surface area contributed by atoms with Crippen LogP contribution >= 0.6 is 27.3 Å². The molecule has 0 unspecified atom stereocenters. The molecule has 0 aliphatic heterocycles. The van der Waals surface area contributed by atoms with E-state index in [1.807, 2.05) is 43.3 Å². The number of para-hydroxylation sites is 1. The standard InChI is InChI=1S/C13H9BrN2OS/c1-8-6-7-10(12(14)15-8)17-13-16-9-4-2-3-5-11(9)18-13/h2-7H,1H3. The Morgan fingerprint density at radius 3 is 2.72 bits per heavy atom. The Morgan fingerprint density at radius 2 is 1.94 bits per heavy atom. The fraction of sp³-hybridized carbons (Fsp3) is 0.0769. The summed E-state index contributed by atoms with van der Waals surface area (Å²) in [6.07, 6.45) is 0. The summed E-state index contributed by atoms with van der Waals surface area (Å²) in [5.74, 6) is 0.680. The summed E-state index contributed by atoms with van der Waals surface area (Å²) >= 11 is 4.91. The predicted octanol–water partition coefficient (Wildman–Crippen LogP) is 4.55. The van der Waals surface area contributed by atoms with Crippen molar-refractivity contribution in [3.05, 3.63) is 46.7 Å². The van der Waals surface area contributed by atoms with Gasteiger partial charge in [0.1, 0.15) is 4.60 Å². The van der Waals surface area contributed by atoms with Gasteiger partial charge in [0, 0.05) is 5.69 Å². The number of hydrogen-bond donors (Lipinski definition) is 0. The van der Waals surface area contributed by atoms with E-state index in [1.165, 1.54) is 11.3 Å². The molecular formula is C13H9BrN2OS. The molecule has 5 heteroatoms. The summed E-state index contributed by atoms with van der Waals surface area (Å²) in [7, 11) is 0. The maximum atomic E-state index is 5.75. The fourth-order valence-electron chi connectivity index (χ4n) is 1.58. The molecule has 3 rings (SSSR count). The molecule has 0 N–H and O–H groups in total. The van der Waals surface area contributed by atoms with Gasteiger partial charge < -0.3 is 4.74 Å². The Morgan fingerprint density at radius 1 is 1.11 bits per heavy atom. The number of rotatable bonds is 2. The van der Waals surface area contributed by atoms with Crippen LogP contribution in [0.3, 0.4) is 0 Å². The van der Waals surface area contributed by atoms with E-state index in [2.05, 4.69) is 25.9 Å². The minimum absolute atomic E-state index is 0.627. The molecule has 0 amide bonds. The van der Waals surface area contributed by atoms with E-state index in [0.717, 1.165) is 15.9 Å². The van der Waals surface area contributed by atoms with Gasteiger partial charge in [-0.3, -0.25) is 0 Å². The van der Waals surface area contributed by atoms with E-state index < -0.39 is 0 Å². The highest BCUT2D eigenvalue weighted by Gasteiger charge is 2.08. The second-order valence-corrected chi connectivity index (χ2v) is 5.54. The molecular weight excluding hydrogens is 312 g/mol. The van der Waals surface area contributed by atoms with Crippen LogP contribution in [-0.2, 0) is 0 Å². The van der Waals surface area contributed by atoms with E-state index in [-0.39, 0.29) is 0 Å². The number of fused-ring (bicyclic) bond motifs is 1. The Labute approximate surface area is 117 Å². The van der Waals surface area contributed by atoms with Crippen LogP contribution in [-0.4, -0.2) is 9.97 Å². The quantitative estimate of drug-likeness (QED) is 0.649. The number of hydrogen-bond acceptors (Lipinski definition) is 4. The molecule has 3 nitrogen and oxygen atoms in total. The molecule has 0 radical (unpaired) electrons. The van der Waals surface area contributed by atoms with Crippen LogP contribution in [0.25, 0.3) is 10.2 Å². The first kappa shape index (κ1) is 11.6. The molecule has 1 aromatic carbocycles.